The van der Waals surface area contributed by atoms with Crippen molar-refractivity contribution in [3.8, 4) is 0 Å². The van der Waals surface area contributed by atoms with Crippen molar-refractivity contribution < 1.29 is 22.8 Å². The summed E-state index contributed by atoms with van der Waals surface area (Å²) >= 11 is 1.31. The van der Waals surface area contributed by atoms with E-state index < -0.39 is 27.1 Å². The lowest BCUT2D eigenvalue weighted by Gasteiger charge is -2.14. The Morgan fingerprint density at radius 2 is 1.35 bits per heavy atom. The Morgan fingerprint density at radius 1 is 0.739 bits per heavy atom. The normalized spacial score (nSPS) is 12.3. The molecule has 0 spiro atoms. The van der Waals surface area contributed by atoms with Crippen molar-refractivity contribution in [3.05, 3.63) is 138 Å². The van der Waals surface area contributed by atoms with Gasteiger partial charge in [0.1, 0.15) is 5.70 Å². The van der Waals surface area contributed by atoms with Crippen LogP contribution in [0.25, 0.3) is 16.8 Å². The minimum Gasteiger partial charge on any atom is -0.325 e. The molecule has 0 aliphatic carbocycles. The zero-order chi connectivity index (χ0) is 32.7. The Kier molecular flexibility index (Phi) is 9.97. The number of carbonyl (C=O) groups excluding carboxylic acids is 3. The Hall–Kier alpha value is -5.23. The van der Waals surface area contributed by atoms with Gasteiger partial charge in [-0.3, -0.25) is 14.4 Å². The third kappa shape index (κ3) is 8.27. The molecule has 5 rings (SSSR count). The van der Waals surface area contributed by atoms with Gasteiger partial charge in [0.15, 0.2) is 0 Å². The van der Waals surface area contributed by atoms with Gasteiger partial charge in [-0.2, -0.15) is 0 Å². The monoisotopic (exact) mass is 650 g/mol. The summed E-state index contributed by atoms with van der Waals surface area (Å²) in [6.45, 7) is 1.74. The molecule has 0 saturated heterocycles. The second-order valence-electron chi connectivity index (χ2n) is 10.2. The van der Waals surface area contributed by atoms with Gasteiger partial charge in [0.25, 0.3) is 11.8 Å². The molecule has 232 valence electrons. The maximum Gasteiger partial charge on any atom is 0.272 e. The van der Waals surface area contributed by atoms with Crippen molar-refractivity contribution in [2.24, 2.45) is 5.14 Å². The van der Waals surface area contributed by atoms with Gasteiger partial charge in [0, 0.05) is 21.8 Å². The number of primary sulfonamides is 1. The molecule has 9 nitrogen and oxygen atoms in total. The van der Waals surface area contributed by atoms with Crippen LogP contribution in [0.2, 0.25) is 0 Å². The molecule has 3 amide bonds. The van der Waals surface area contributed by atoms with E-state index in [-0.39, 0.29) is 16.5 Å². The number of nitrogens with two attached hydrogens (primary N) is 1. The van der Waals surface area contributed by atoms with Crippen LogP contribution in [-0.2, 0) is 19.6 Å². The summed E-state index contributed by atoms with van der Waals surface area (Å²) in [7, 11) is -3.83. The van der Waals surface area contributed by atoms with E-state index in [9.17, 15) is 22.8 Å². The van der Waals surface area contributed by atoms with Crippen LogP contribution in [-0.4, -0.2) is 31.4 Å². The first-order valence-corrected chi connectivity index (χ1v) is 16.6. The van der Waals surface area contributed by atoms with Crippen LogP contribution in [0.1, 0.15) is 22.8 Å². The van der Waals surface area contributed by atoms with Crippen LogP contribution in [0.5, 0.6) is 0 Å². The topological polar surface area (TPSA) is 147 Å². The molecule has 1 atom stereocenters. The first kappa shape index (κ1) is 32.2. The number of thioether (sulfide) groups is 1. The highest BCUT2D eigenvalue weighted by Crippen LogP contribution is 2.26. The SMILES string of the molecule is CC(Sc1ccc(NC(=O)/C(=C/c2cccc3ccccc23)NC(=O)c2ccccc2)cc1)C(=O)Nc1ccc(S(N)(=O)=O)cc1. The van der Waals surface area contributed by atoms with Crippen LogP contribution >= 0.6 is 11.8 Å². The van der Waals surface area contributed by atoms with Crippen molar-refractivity contribution >= 4 is 67.7 Å². The van der Waals surface area contributed by atoms with E-state index in [0.29, 0.717) is 16.9 Å². The smallest absolute Gasteiger partial charge is 0.272 e. The fraction of sp³-hybridized carbons (Fsp3) is 0.0571. The average Bonchev–Trinajstić information content (AvgIpc) is 3.05. The second kappa shape index (κ2) is 14.2. The van der Waals surface area contributed by atoms with Crippen molar-refractivity contribution in [2.45, 2.75) is 22.0 Å². The van der Waals surface area contributed by atoms with Gasteiger partial charge in [-0.25, -0.2) is 13.6 Å². The van der Waals surface area contributed by atoms with E-state index in [2.05, 4.69) is 16.0 Å². The molecule has 0 aromatic heterocycles. The highest BCUT2D eigenvalue weighted by molar-refractivity contribution is 8.00. The van der Waals surface area contributed by atoms with Gasteiger partial charge >= 0.3 is 0 Å². The molecular weight excluding hydrogens is 621 g/mol. The minimum absolute atomic E-state index is 0.0464. The molecule has 0 bridgehead atoms. The first-order valence-electron chi connectivity index (χ1n) is 14.1. The quantitative estimate of drug-likeness (QED) is 0.107. The number of nitrogens with one attached hydrogen (secondary N) is 3. The first-order chi connectivity index (χ1) is 22.1. The van der Waals surface area contributed by atoms with Gasteiger partial charge < -0.3 is 16.0 Å². The fourth-order valence-corrected chi connectivity index (χ4v) is 5.90. The highest BCUT2D eigenvalue weighted by Gasteiger charge is 2.18. The van der Waals surface area contributed by atoms with Gasteiger partial charge in [-0.1, -0.05) is 60.7 Å². The maximum atomic E-state index is 13.5. The Labute approximate surface area is 271 Å². The predicted octanol–water partition coefficient (Wildman–Crippen LogP) is 6.02. The fourth-order valence-electron chi connectivity index (χ4n) is 4.52. The summed E-state index contributed by atoms with van der Waals surface area (Å²) in [5.74, 6) is -1.19. The van der Waals surface area contributed by atoms with Crippen molar-refractivity contribution in [1.29, 1.82) is 0 Å². The number of fused-ring (bicyclic) bond motifs is 1. The summed E-state index contributed by atoms with van der Waals surface area (Å²) in [5.41, 5.74) is 2.20. The molecule has 46 heavy (non-hydrogen) atoms. The Bertz CT molecular complexity index is 2020. The molecule has 0 saturated carbocycles. The van der Waals surface area contributed by atoms with E-state index >= 15 is 0 Å². The van der Waals surface area contributed by atoms with E-state index in [1.165, 1.54) is 36.0 Å². The number of sulfonamides is 1. The molecule has 5 N–H and O–H groups in total. The van der Waals surface area contributed by atoms with Gasteiger partial charge in [-0.15, -0.1) is 11.8 Å². The number of hydrogen-bond acceptors (Lipinski definition) is 6. The predicted molar refractivity (Wildman–Crippen MR) is 183 cm³/mol. The number of benzene rings is 5. The number of hydrogen-bond donors (Lipinski definition) is 4. The molecule has 0 fully saturated rings. The number of anilines is 2. The summed E-state index contributed by atoms with van der Waals surface area (Å²) in [4.78, 5) is 40.0. The molecule has 11 heteroatoms. The van der Waals surface area contributed by atoms with E-state index in [4.69, 9.17) is 5.14 Å². The van der Waals surface area contributed by atoms with Crippen LogP contribution in [0.15, 0.2) is 137 Å². The van der Waals surface area contributed by atoms with Crippen LogP contribution in [0, 0.1) is 0 Å². The molecule has 0 aliphatic heterocycles. The maximum absolute atomic E-state index is 13.5. The standard InChI is InChI=1S/C35H30N4O5S2/c1-23(33(40)37-28-16-20-30(21-17-28)46(36,43)44)45-29-18-14-27(15-19-29)38-35(42)32(39-34(41)25-9-3-2-4-10-25)22-26-12-7-11-24-8-5-6-13-31(24)26/h2-23H,1H3,(H,37,40)(H,38,42)(H,39,41)(H2,36,43,44)/b32-22-. The Morgan fingerprint density at radius 3 is 2.04 bits per heavy atom. The molecule has 5 aromatic carbocycles. The van der Waals surface area contributed by atoms with Crippen LogP contribution in [0.3, 0.4) is 0 Å². The second-order valence-corrected chi connectivity index (χ2v) is 13.2. The zero-order valence-electron chi connectivity index (χ0n) is 24.6. The van der Waals surface area contributed by atoms with E-state index in [1.807, 2.05) is 48.5 Å². The summed E-state index contributed by atoms with van der Waals surface area (Å²) < 4.78 is 22.9. The molecule has 1 unspecified atom stereocenters. The number of amides is 3. The van der Waals surface area contributed by atoms with Crippen molar-refractivity contribution in [3.63, 3.8) is 0 Å². The van der Waals surface area contributed by atoms with Gasteiger partial charge in [0.2, 0.25) is 15.9 Å². The van der Waals surface area contributed by atoms with Crippen LogP contribution < -0.4 is 21.1 Å². The third-order valence-electron chi connectivity index (χ3n) is 6.90. The van der Waals surface area contributed by atoms with Crippen molar-refractivity contribution in [2.75, 3.05) is 10.6 Å². The summed E-state index contributed by atoms with van der Waals surface area (Å²) in [6.07, 6.45) is 1.66. The minimum atomic E-state index is -3.83. The summed E-state index contributed by atoms with van der Waals surface area (Å²) in [6, 6.07) is 34.8. The molecule has 0 radical (unpaired) electrons. The largest absolute Gasteiger partial charge is 0.325 e. The molecule has 0 aliphatic rings. The zero-order valence-corrected chi connectivity index (χ0v) is 26.3. The van der Waals surface area contributed by atoms with Gasteiger partial charge in [0.05, 0.1) is 10.1 Å². The average molecular weight is 651 g/mol. The van der Waals surface area contributed by atoms with Crippen molar-refractivity contribution in [1.82, 2.24) is 5.32 Å². The van der Waals surface area contributed by atoms with E-state index in [0.717, 1.165) is 21.2 Å². The summed E-state index contributed by atoms with van der Waals surface area (Å²) in [5, 5.41) is 15.0. The number of rotatable bonds is 10. The highest BCUT2D eigenvalue weighted by atomic mass is 32.2. The lowest BCUT2D eigenvalue weighted by Crippen LogP contribution is -2.30. The lowest BCUT2D eigenvalue weighted by atomic mass is 10.0. The molecule has 0 heterocycles. The molecular formula is C35H30N4O5S2. The van der Waals surface area contributed by atoms with E-state index in [1.54, 1.807) is 61.5 Å². The lowest BCUT2D eigenvalue weighted by molar-refractivity contribution is -0.115. The van der Waals surface area contributed by atoms with Gasteiger partial charge in [-0.05, 0) is 90.0 Å². The Balaban J connectivity index is 1.28. The van der Waals surface area contributed by atoms with Crippen LogP contribution in [0.4, 0.5) is 11.4 Å². The molecule has 5 aromatic rings. The third-order valence-corrected chi connectivity index (χ3v) is 8.94. The number of carbonyl (C=O) groups is 3.